The lowest BCUT2D eigenvalue weighted by molar-refractivity contribution is -0.137. The number of carbonyl (C=O) groups excluding carboxylic acids is 1. The lowest BCUT2D eigenvalue weighted by atomic mass is 10.2. The van der Waals surface area contributed by atoms with Gasteiger partial charge in [-0.3, -0.25) is 4.57 Å². The maximum atomic E-state index is 13.0. The Morgan fingerprint density at radius 2 is 1.55 bits per heavy atom. The second-order valence-corrected chi connectivity index (χ2v) is 8.96. The average molecular weight is 306 g/mol. The fourth-order valence-electron chi connectivity index (χ4n) is 1.31. The highest BCUT2D eigenvalue weighted by Crippen LogP contribution is 2.58. The van der Waals surface area contributed by atoms with E-state index in [4.69, 9.17) is 13.8 Å². The van der Waals surface area contributed by atoms with Crippen molar-refractivity contribution in [1.82, 2.24) is 0 Å². The van der Waals surface area contributed by atoms with Crippen LogP contribution in [0, 0.1) is 0 Å². The average Bonchev–Trinajstić information content (AvgIpc) is 2.19. The van der Waals surface area contributed by atoms with Gasteiger partial charge in [-0.05, 0) is 48.5 Å². The van der Waals surface area contributed by atoms with Crippen LogP contribution in [0.15, 0.2) is 12.7 Å². The van der Waals surface area contributed by atoms with Crippen molar-refractivity contribution in [2.24, 2.45) is 0 Å². The zero-order valence-corrected chi connectivity index (χ0v) is 14.5. The molecule has 0 rings (SSSR count). The van der Waals surface area contributed by atoms with Crippen LogP contribution in [0.3, 0.4) is 0 Å². The van der Waals surface area contributed by atoms with Crippen molar-refractivity contribution in [1.29, 1.82) is 0 Å². The molecular formula is C14H27O5P. The summed E-state index contributed by atoms with van der Waals surface area (Å²) >= 11 is 0. The van der Waals surface area contributed by atoms with Gasteiger partial charge in [0.2, 0.25) is 0 Å². The Labute approximate surface area is 122 Å². The van der Waals surface area contributed by atoms with E-state index in [-0.39, 0.29) is 6.61 Å². The van der Waals surface area contributed by atoms with Gasteiger partial charge in [0.25, 0.3) is 0 Å². The van der Waals surface area contributed by atoms with Crippen LogP contribution in [0.1, 0.15) is 48.5 Å². The Morgan fingerprint density at radius 3 is 1.85 bits per heavy atom. The molecule has 0 radical (unpaired) electrons. The summed E-state index contributed by atoms with van der Waals surface area (Å²) in [6, 6.07) is 0. The topological polar surface area (TPSA) is 61.8 Å². The molecular weight excluding hydrogens is 279 g/mol. The molecule has 0 spiro atoms. The number of rotatable bonds is 6. The first-order valence-electron chi connectivity index (χ1n) is 6.59. The summed E-state index contributed by atoms with van der Waals surface area (Å²) in [5.74, 6) is -0.560. The number of carbonyl (C=O) groups is 1. The Bertz CT molecular complexity index is 369. The van der Waals surface area contributed by atoms with Crippen LogP contribution >= 0.6 is 7.60 Å². The Morgan fingerprint density at radius 1 is 1.15 bits per heavy atom. The van der Waals surface area contributed by atoms with Crippen LogP contribution in [-0.4, -0.2) is 29.4 Å². The third-order valence-corrected chi connectivity index (χ3v) is 4.81. The number of hydrogen-bond acceptors (Lipinski definition) is 5. The minimum atomic E-state index is -3.43. The molecule has 0 fully saturated rings. The summed E-state index contributed by atoms with van der Waals surface area (Å²) in [5.41, 5.74) is -1.82. The Kier molecular flexibility index (Phi) is 6.66. The van der Waals surface area contributed by atoms with Gasteiger partial charge in [0, 0.05) is 6.08 Å². The SMILES string of the molecule is C=CC(=O)OCC(C)P(=O)(OC(C)(C)C)OC(C)(C)C. The van der Waals surface area contributed by atoms with Gasteiger partial charge >= 0.3 is 13.6 Å². The molecule has 0 amide bonds. The highest BCUT2D eigenvalue weighted by atomic mass is 31.2. The zero-order chi connectivity index (χ0) is 16.2. The molecule has 0 aromatic carbocycles. The van der Waals surface area contributed by atoms with E-state index in [1.165, 1.54) is 0 Å². The summed E-state index contributed by atoms with van der Waals surface area (Å²) in [5, 5.41) is 0. The molecule has 0 N–H and O–H groups in total. The fraction of sp³-hybridized carbons (Fsp3) is 0.786. The van der Waals surface area contributed by atoms with E-state index in [1.807, 2.05) is 0 Å². The smallest absolute Gasteiger partial charge is 0.337 e. The van der Waals surface area contributed by atoms with Crippen LogP contribution in [-0.2, 0) is 23.1 Å². The second-order valence-electron chi connectivity index (χ2n) is 6.63. The quantitative estimate of drug-likeness (QED) is 0.423. The maximum Gasteiger partial charge on any atom is 0.337 e. The van der Waals surface area contributed by atoms with E-state index >= 15 is 0 Å². The summed E-state index contributed by atoms with van der Waals surface area (Å²) < 4.78 is 29.2. The molecule has 20 heavy (non-hydrogen) atoms. The predicted molar refractivity (Wildman–Crippen MR) is 79.9 cm³/mol. The van der Waals surface area contributed by atoms with Crippen molar-refractivity contribution in [2.45, 2.75) is 65.3 Å². The molecule has 5 nitrogen and oxygen atoms in total. The van der Waals surface area contributed by atoms with Gasteiger partial charge in [0.1, 0.15) is 6.61 Å². The molecule has 0 bridgehead atoms. The van der Waals surface area contributed by atoms with Gasteiger partial charge in [0.15, 0.2) is 0 Å². The monoisotopic (exact) mass is 306 g/mol. The van der Waals surface area contributed by atoms with Gasteiger partial charge in [0.05, 0.1) is 16.9 Å². The summed E-state index contributed by atoms with van der Waals surface area (Å²) in [6.07, 6.45) is 1.06. The van der Waals surface area contributed by atoms with Crippen LogP contribution in [0.25, 0.3) is 0 Å². The molecule has 6 heteroatoms. The molecule has 0 heterocycles. The molecule has 0 aromatic heterocycles. The van der Waals surface area contributed by atoms with E-state index in [0.29, 0.717) is 0 Å². The lowest BCUT2D eigenvalue weighted by Gasteiger charge is -2.34. The van der Waals surface area contributed by atoms with Crippen molar-refractivity contribution in [3.05, 3.63) is 12.7 Å². The minimum Gasteiger partial charge on any atom is -0.462 e. The molecule has 0 aliphatic carbocycles. The first-order valence-corrected chi connectivity index (χ1v) is 8.21. The number of esters is 1. The van der Waals surface area contributed by atoms with Gasteiger partial charge in [-0.1, -0.05) is 6.58 Å². The van der Waals surface area contributed by atoms with Gasteiger partial charge in [-0.2, -0.15) is 0 Å². The van der Waals surface area contributed by atoms with Crippen molar-refractivity contribution >= 4 is 13.6 Å². The Balaban J connectivity index is 5.06. The van der Waals surface area contributed by atoms with E-state index in [2.05, 4.69) is 6.58 Å². The predicted octanol–water partition coefficient (Wildman–Crippen LogP) is 3.93. The molecule has 0 saturated heterocycles. The Hall–Kier alpha value is -0.640. The molecule has 118 valence electrons. The van der Waals surface area contributed by atoms with E-state index < -0.39 is 30.4 Å². The summed E-state index contributed by atoms with van der Waals surface area (Å²) in [6.45, 7) is 15.7. The van der Waals surface area contributed by atoms with Gasteiger partial charge in [-0.15, -0.1) is 0 Å². The van der Waals surface area contributed by atoms with E-state index in [9.17, 15) is 9.36 Å². The largest absolute Gasteiger partial charge is 0.462 e. The third-order valence-electron chi connectivity index (χ3n) is 1.98. The van der Waals surface area contributed by atoms with Gasteiger partial charge < -0.3 is 13.8 Å². The molecule has 0 aromatic rings. The van der Waals surface area contributed by atoms with E-state index in [0.717, 1.165) is 6.08 Å². The molecule has 0 aliphatic rings. The van der Waals surface area contributed by atoms with Crippen molar-refractivity contribution in [2.75, 3.05) is 6.61 Å². The van der Waals surface area contributed by atoms with Crippen LogP contribution in [0.4, 0.5) is 0 Å². The molecule has 1 atom stereocenters. The first-order chi connectivity index (χ1) is 8.79. The number of hydrogen-bond donors (Lipinski definition) is 0. The highest BCUT2D eigenvalue weighted by molar-refractivity contribution is 7.54. The van der Waals surface area contributed by atoms with Crippen molar-refractivity contribution in [3.63, 3.8) is 0 Å². The lowest BCUT2D eigenvalue weighted by Crippen LogP contribution is -2.29. The summed E-state index contributed by atoms with van der Waals surface area (Å²) in [4.78, 5) is 11.1. The van der Waals surface area contributed by atoms with Crippen molar-refractivity contribution in [3.8, 4) is 0 Å². The maximum absolute atomic E-state index is 13.0. The minimum absolute atomic E-state index is 0.0473. The normalized spacial score (nSPS) is 14.8. The molecule has 1 unspecified atom stereocenters. The standard InChI is InChI=1S/C14H27O5P/c1-9-12(15)17-10-11(2)20(16,18-13(3,4)5)19-14(6,7)8/h9,11H,1,10H2,2-8H3. The van der Waals surface area contributed by atoms with Crippen LogP contribution in [0.2, 0.25) is 0 Å². The van der Waals surface area contributed by atoms with Crippen LogP contribution < -0.4 is 0 Å². The zero-order valence-electron chi connectivity index (χ0n) is 13.6. The highest BCUT2D eigenvalue weighted by Gasteiger charge is 2.40. The first kappa shape index (κ1) is 19.4. The molecule has 0 aliphatic heterocycles. The summed E-state index contributed by atoms with van der Waals surface area (Å²) in [7, 11) is -3.43. The number of ether oxygens (including phenoxy) is 1. The van der Waals surface area contributed by atoms with Crippen LogP contribution in [0.5, 0.6) is 0 Å². The second kappa shape index (κ2) is 6.88. The van der Waals surface area contributed by atoms with E-state index in [1.54, 1.807) is 48.5 Å². The third kappa shape index (κ3) is 7.83. The van der Waals surface area contributed by atoms with Crippen molar-refractivity contribution < 1.29 is 23.1 Å². The molecule has 0 saturated carbocycles. The van der Waals surface area contributed by atoms with Gasteiger partial charge in [-0.25, -0.2) is 4.79 Å². The fourth-order valence-corrected chi connectivity index (χ4v) is 3.50.